The van der Waals surface area contributed by atoms with Gasteiger partial charge in [0.25, 0.3) is 0 Å². The summed E-state index contributed by atoms with van der Waals surface area (Å²) < 4.78 is 1.53. The summed E-state index contributed by atoms with van der Waals surface area (Å²) >= 11 is 7.07. The average molecular weight is 365 g/mol. The molecule has 0 aliphatic rings. The predicted octanol–water partition coefficient (Wildman–Crippen LogP) is 2.46. The van der Waals surface area contributed by atoms with Crippen LogP contribution in [0.1, 0.15) is 20.8 Å². The van der Waals surface area contributed by atoms with Gasteiger partial charge in [-0.2, -0.15) is 9.94 Å². The Labute approximate surface area is 149 Å². The molecule has 1 aromatic heterocycles. The lowest BCUT2D eigenvalue weighted by Gasteiger charge is -2.27. The van der Waals surface area contributed by atoms with E-state index in [-0.39, 0.29) is 17.6 Å². The molecule has 0 saturated heterocycles. The highest BCUT2D eigenvalue weighted by Crippen LogP contribution is 2.20. The molecule has 0 aliphatic carbocycles. The van der Waals surface area contributed by atoms with Crippen LogP contribution in [0, 0.1) is 17.2 Å². The summed E-state index contributed by atoms with van der Waals surface area (Å²) in [6.07, 6.45) is 0. The van der Waals surface area contributed by atoms with Crippen molar-refractivity contribution >= 4 is 29.3 Å². The van der Waals surface area contributed by atoms with E-state index in [0.717, 1.165) is 5.69 Å². The summed E-state index contributed by atoms with van der Waals surface area (Å²) in [6, 6.07) is 9.19. The van der Waals surface area contributed by atoms with Crippen molar-refractivity contribution in [2.24, 2.45) is 5.92 Å². The molecule has 1 aromatic carbocycles. The Bertz CT molecular complexity index is 754. The second-order valence-corrected chi connectivity index (χ2v) is 7.03. The topological polar surface area (TPSA) is 96.5 Å². The third-order valence-electron chi connectivity index (χ3n) is 3.63. The standard InChI is InChI=1S/C15H17ClN6OS/c1-10(2)15(3,9-17)18-13(23)8-24-14-19-20-21-22(14)12-6-4-11(16)5-7-12/h4-7,10H,8H2,1-3H3,(H,18,23). The van der Waals surface area contributed by atoms with Gasteiger partial charge in [0, 0.05) is 5.02 Å². The molecule has 2 aromatic rings. The van der Waals surface area contributed by atoms with E-state index >= 15 is 0 Å². The van der Waals surface area contributed by atoms with Gasteiger partial charge in [0.15, 0.2) is 0 Å². The van der Waals surface area contributed by atoms with Crippen LogP contribution in [0.15, 0.2) is 29.4 Å². The van der Waals surface area contributed by atoms with Crippen molar-refractivity contribution < 1.29 is 4.79 Å². The molecule has 9 heteroatoms. The summed E-state index contributed by atoms with van der Waals surface area (Å²) in [6.45, 7) is 5.48. The van der Waals surface area contributed by atoms with Crippen LogP contribution in [0.3, 0.4) is 0 Å². The number of aromatic nitrogens is 4. The number of nitriles is 1. The maximum Gasteiger partial charge on any atom is 0.231 e. The van der Waals surface area contributed by atoms with E-state index in [4.69, 9.17) is 11.6 Å². The molecule has 1 heterocycles. The molecule has 0 saturated carbocycles. The molecule has 1 N–H and O–H groups in total. The number of thioether (sulfide) groups is 1. The molecule has 1 unspecified atom stereocenters. The number of nitrogens with one attached hydrogen (secondary N) is 1. The highest BCUT2D eigenvalue weighted by molar-refractivity contribution is 7.99. The fourth-order valence-corrected chi connectivity index (χ4v) is 2.59. The molecule has 1 atom stereocenters. The van der Waals surface area contributed by atoms with Gasteiger partial charge in [0.2, 0.25) is 11.1 Å². The van der Waals surface area contributed by atoms with Gasteiger partial charge in [-0.25, -0.2) is 0 Å². The minimum absolute atomic E-state index is 0.00385. The summed E-state index contributed by atoms with van der Waals surface area (Å²) in [4.78, 5) is 12.1. The van der Waals surface area contributed by atoms with Gasteiger partial charge in [-0.15, -0.1) is 5.10 Å². The molecular weight excluding hydrogens is 348 g/mol. The Kier molecular flexibility index (Phi) is 5.80. The minimum Gasteiger partial charge on any atom is -0.337 e. The highest BCUT2D eigenvalue weighted by Gasteiger charge is 2.30. The third-order valence-corrected chi connectivity index (χ3v) is 4.80. The first-order valence-electron chi connectivity index (χ1n) is 7.25. The van der Waals surface area contributed by atoms with E-state index in [2.05, 4.69) is 26.9 Å². The summed E-state index contributed by atoms with van der Waals surface area (Å²) in [5, 5.41) is 24.6. The number of amides is 1. The lowest BCUT2D eigenvalue weighted by molar-refractivity contribution is -0.120. The summed E-state index contributed by atoms with van der Waals surface area (Å²) in [7, 11) is 0. The number of nitrogens with zero attached hydrogens (tertiary/aromatic N) is 5. The van der Waals surface area contributed by atoms with Crippen LogP contribution in [0.2, 0.25) is 5.02 Å². The van der Waals surface area contributed by atoms with Gasteiger partial charge in [0.1, 0.15) is 5.54 Å². The minimum atomic E-state index is -0.903. The summed E-state index contributed by atoms with van der Waals surface area (Å²) in [5.74, 6) is -0.142. The van der Waals surface area contributed by atoms with Crippen LogP contribution in [0.5, 0.6) is 0 Å². The molecule has 0 aliphatic heterocycles. The Morgan fingerprint density at radius 1 is 1.46 bits per heavy atom. The third kappa shape index (κ3) is 4.24. The Morgan fingerprint density at radius 3 is 2.71 bits per heavy atom. The van der Waals surface area contributed by atoms with Crippen LogP contribution >= 0.6 is 23.4 Å². The van der Waals surface area contributed by atoms with Crippen molar-refractivity contribution in [1.29, 1.82) is 5.26 Å². The van der Waals surface area contributed by atoms with Crippen molar-refractivity contribution in [2.75, 3.05) is 5.75 Å². The van der Waals surface area contributed by atoms with Crippen LogP contribution in [-0.2, 0) is 4.79 Å². The van der Waals surface area contributed by atoms with E-state index < -0.39 is 5.54 Å². The maximum absolute atomic E-state index is 12.1. The SMILES string of the molecule is CC(C)C(C)(C#N)NC(=O)CSc1nnnn1-c1ccc(Cl)cc1. The average Bonchev–Trinajstić information content (AvgIpc) is 3.02. The van der Waals surface area contributed by atoms with E-state index in [1.807, 2.05) is 13.8 Å². The first-order valence-corrected chi connectivity index (χ1v) is 8.61. The molecule has 2 rings (SSSR count). The zero-order chi connectivity index (χ0) is 17.7. The van der Waals surface area contributed by atoms with Gasteiger partial charge in [-0.05, 0) is 47.5 Å². The van der Waals surface area contributed by atoms with Crippen molar-refractivity contribution in [3.05, 3.63) is 29.3 Å². The first kappa shape index (κ1) is 18.2. The highest BCUT2D eigenvalue weighted by atomic mass is 35.5. The largest absolute Gasteiger partial charge is 0.337 e. The van der Waals surface area contributed by atoms with Crippen molar-refractivity contribution in [2.45, 2.75) is 31.5 Å². The zero-order valence-corrected chi connectivity index (χ0v) is 15.1. The van der Waals surface area contributed by atoms with Gasteiger partial charge >= 0.3 is 0 Å². The van der Waals surface area contributed by atoms with E-state index in [9.17, 15) is 10.1 Å². The fraction of sp³-hybridized carbons (Fsp3) is 0.400. The summed E-state index contributed by atoms with van der Waals surface area (Å²) in [5.41, 5.74) is -0.156. The monoisotopic (exact) mass is 364 g/mol. The number of hydrogen-bond acceptors (Lipinski definition) is 6. The van der Waals surface area contributed by atoms with Crippen LogP contribution in [0.25, 0.3) is 5.69 Å². The lowest BCUT2D eigenvalue weighted by atomic mass is 9.90. The van der Waals surface area contributed by atoms with Crippen molar-refractivity contribution in [1.82, 2.24) is 25.5 Å². The number of tetrazole rings is 1. The van der Waals surface area contributed by atoms with Gasteiger partial charge in [-0.1, -0.05) is 37.2 Å². The van der Waals surface area contributed by atoms with Gasteiger partial charge in [-0.3, -0.25) is 4.79 Å². The Hall–Kier alpha value is -2.11. The normalized spacial score (nSPS) is 13.3. The molecule has 0 spiro atoms. The molecule has 24 heavy (non-hydrogen) atoms. The van der Waals surface area contributed by atoms with E-state index in [1.165, 1.54) is 16.4 Å². The molecule has 0 radical (unpaired) electrons. The van der Waals surface area contributed by atoms with Crippen LogP contribution < -0.4 is 5.32 Å². The lowest BCUT2D eigenvalue weighted by Crippen LogP contribution is -2.49. The quantitative estimate of drug-likeness (QED) is 0.791. The Balaban J connectivity index is 2.03. The molecule has 0 fully saturated rings. The van der Waals surface area contributed by atoms with Crippen molar-refractivity contribution in [3.63, 3.8) is 0 Å². The molecule has 126 valence electrons. The smallest absolute Gasteiger partial charge is 0.231 e. The fourth-order valence-electron chi connectivity index (χ4n) is 1.77. The number of carbonyl (C=O) groups is 1. The molecule has 0 bridgehead atoms. The van der Waals surface area contributed by atoms with E-state index in [0.29, 0.717) is 10.2 Å². The second-order valence-electron chi connectivity index (χ2n) is 5.66. The number of rotatable bonds is 6. The number of halogens is 1. The van der Waals surface area contributed by atoms with Crippen LogP contribution in [0.4, 0.5) is 0 Å². The first-order chi connectivity index (χ1) is 11.4. The van der Waals surface area contributed by atoms with Crippen molar-refractivity contribution in [3.8, 4) is 11.8 Å². The maximum atomic E-state index is 12.1. The zero-order valence-electron chi connectivity index (χ0n) is 13.5. The van der Waals surface area contributed by atoms with Gasteiger partial charge in [0.05, 0.1) is 17.5 Å². The number of carbonyl (C=O) groups excluding carboxylic acids is 1. The Morgan fingerprint density at radius 2 is 2.12 bits per heavy atom. The molecule has 7 nitrogen and oxygen atoms in total. The van der Waals surface area contributed by atoms with E-state index in [1.54, 1.807) is 31.2 Å². The second kappa shape index (κ2) is 7.64. The number of hydrogen-bond donors (Lipinski definition) is 1. The molecule has 1 amide bonds. The number of benzene rings is 1. The van der Waals surface area contributed by atoms with Gasteiger partial charge < -0.3 is 5.32 Å². The van der Waals surface area contributed by atoms with Crippen LogP contribution in [-0.4, -0.2) is 37.4 Å². The molecular formula is C15H17ClN6OS. The predicted molar refractivity (Wildman–Crippen MR) is 91.9 cm³/mol.